The van der Waals surface area contributed by atoms with Crippen molar-refractivity contribution in [3.05, 3.63) is 38.9 Å². The van der Waals surface area contributed by atoms with Gasteiger partial charge in [-0.3, -0.25) is 9.69 Å². The van der Waals surface area contributed by atoms with E-state index in [0.29, 0.717) is 31.9 Å². The number of likely N-dealkylation sites (N-methyl/N-ethyl adjacent to an activating group) is 1. The Labute approximate surface area is 171 Å². The van der Waals surface area contributed by atoms with Gasteiger partial charge in [-0.15, -0.1) is 0 Å². The molecule has 2 aliphatic heterocycles. The first kappa shape index (κ1) is 18.8. The van der Waals surface area contributed by atoms with E-state index in [1.807, 2.05) is 11.9 Å². The number of fused-ring (bicyclic) bond motifs is 2. The van der Waals surface area contributed by atoms with Crippen molar-refractivity contribution in [2.45, 2.75) is 24.9 Å². The summed E-state index contributed by atoms with van der Waals surface area (Å²) >= 11 is 6.71. The van der Waals surface area contributed by atoms with Gasteiger partial charge in [0.25, 0.3) is 0 Å². The first-order valence-corrected chi connectivity index (χ1v) is 10.1. The molecule has 5 rings (SSSR count). The lowest BCUT2D eigenvalue weighted by molar-refractivity contribution is -0.0532. The predicted octanol–water partition coefficient (Wildman–Crippen LogP) is 2.55. The Bertz CT molecular complexity index is 1080. The summed E-state index contributed by atoms with van der Waals surface area (Å²) in [5, 5.41) is 9.58. The maximum atomic E-state index is 15.2. The van der Waals surface area contributed by atoms with Gasteiger partial charge in [-0.1, -0.05) is 11.6 Å². The Balaban J connectivity index is 1.68. The molecule has 3 aliphatic rings. The van der Waals surface area contributed by atoms with Crippen molar-refractivity contribution >= 4 is 34.2 Å². The monoisotopic (exact) mass is 421 g/mol. The summed E-state index contributed by atoms with van der Waals surface area (Å²) in [6.45, 7) is 2.39. The highest BCUT2D eigenvalue weighted by Crippen LogP contribution is 2.43. The van der Waals surface area contributed by atoms with Crippen molar-refractivity contribution < 1.29 is 19.0 Å². The van der Waals surface area contributed by atoms with Gasteiger partial charge in [0.15, 0.2) is 0 Å². The highest BCUT2D eigenvalue weighted by Gasteiger charge is 2.40. The van der Waals surface area contributed by atoms with Crippen molar-refractivity contribution in [3.63, 3.8) is 0 Å². The van der Waals surface area contributed by atoms with Gasteiger partial charge < -0.3 is 19.3 Å². The van der Waals surface area contributed by atoms with E-state index >= 15 is 4.39 Å². The van der Waals surface area contributed by atoms with Gasteiger partial charge >= 0.3 is 5.97 Å². The normalized spacial score (nSPS) is 24.9. The molecule has 1 saturated carbocycles. The molecule has 1 aromatic carbocycles. The lowest BCUT2D eigenvalue weighted by Gasteiger charge is -2.33. The second-order valence-corrected chi connectivity index (χ2v) is 8.60. The molecule has 3 heterocycles. The first-order chi connectivity index (χ1) is 13.9. The van der Waals surface area contributed by atoms with Crippen molar-refractivity contribution in [1.29, 1.82) is 0 Å². The number of benzene rings is 1. The third-order valence-electron chi connectivity index (χ3n) is 6.27. The molecule has 2 unspecified atom stereocenters. The number of nitrogens with zero attached hydrogens (tertiary/aromatic N) is 3. The predicted molar refractivity (Wildman–Crippen MR) is 106 cm³/mol. The summed E-state index contributed by atoms with van der Waals surface area (Å²) in [4.78, 5) is 28.2. The topological polar surface area (TPSA) is 75.0 Å². The number of rotatable bonds is 3. The van der Waals surface area contributed by atoms with Crippen LogP contribution in [-0.4, -0.2) is 60.1 Å². The Morgan fingerprint density at radius 3 is 2.76 bits per heavy atom. The summed E-state index contributed by atoms with van der Waals surface area (Å²) in [7, 11) is 1.98. The number of carbonyl (C=O) groups is 1. The van der Waals surface area contributed by atoms with Crippen molar-refractivity contribution in [2.75, 3.05) is 38.4 Å². The van der Waals surface area contributed by atoms with Gasteiger partial charge in [0.2, 0.25) is 5.43 Å². The molecule has 0 spiro atoms. The Kier molecular flexibility index (Phi) is 4.34. The van der Waals surface area contributed by atoms with Gasteiger partial charge in [-0.05, 0) is 26.0 Å². The molecule has 3 fully saturated rings. The van der Waals surface area contributed by atoms with Gasteiger partial charge in [-0.2, -0.15) is 0 Å². The zero-order chi connectivity index (χ0) is 20.4. The van der Waals surface area contributed by atoms with Crippen LogP contribution in [0.5, 0.6) is 0 Å². The number of ether oxygens (including phenoxy) is 1. The largest absolute Gasteiger partial charge is 0.477 e. The number of aromatic carboxylic acids is 1. The molecule has 0 amide bonds. The summed E-state index contributed by atoms with van der Waals surface area (Å²) in [5.41, 5.74) is -0.377. The van der Waals surface area contributed by atoms with Gasteiger partial charge in [0, 0.05) is 37.3 Å². The fourth-order valence-corrected chi connectivity index (χ4v) is 5.07. The standard InChI is InChI=1S/C20H21ClFN3O4/c1-23-9-29-8-10-5-24(7-15(10)23)18-14(22)4-12-17(16(18)21)25(11-2-3-11)6-13(19(12)26)20(27)28/h4,6,10-11,15H,2-3,5,7-9H2,1H3,(H,27,28). The summed E-state index contributed by atoms with van der Waals surface area (Å²) in [5.74, 6) is -1.68. The minimum Gasteiger partial charge on any atom is -0.477 e. The van der Waals surface area contributed by atoms with Gasteiger partial charge in [0.05, 0.1) is 35.0 Å². The smallest absolute Gasteiger partial charge is 0.341 e. The zero-order valence-electron chi connectivity index (χ0n) is 15.9. The van der Waals surface area contributed by atoms with Crippen LogP contribution < -0.4 is 10.3 Å². The molecule has 1 N–H and O–H groups in total. The molecular formula is C20H21ClFN3O4. The number of pyridine rings is 1. The molecule has 1 aromatic heterocycles. The van der Waals surface area contributed by atoms with Crippen LogP contribution in [0.2, 0.25) is 5.02 Å². The van der Waals surface area contributed by atoms with E-state index in [2.05, 4.69) is 4.90 Å². The Hall–Kier alpha value is -2.16. The van der Waals surface area contributed by atoms with Crippen LogP contribution in [0.1, 0.15) is 29.2 Å². The van der Waals surface area contributed by atoms with E-state index in [-0.39, 0.29) is 39.7 Å². The number of hydrogen-bond acceptors (Lipinski definition) is 5. The van der Waals surface area contributed by atoms with Gasteiger partial charge in [0.1, 0.15) is 11.4 Å². The number of halogens is 2. The first-order valence-electron chi connectivity index (χ1n) is 9.70. The number of anilines is 1. The quantitative estimate of drug-likeness (QED) is 0.821. The fourth-order valence-electron chi connectivity index (χ4n) is 4.66. The highest BCUT2D eigenvalue weighted by atomic mass is 35.5. The fraction of sp³-hybridized carbons (Fsp3) is 0.500. The van der Waals surface area contributed by atoms with E-state index in [0.717, 1.165) is 18.9 Å². The van der Waals surface area contributed by atoms with Gasteiger partial charge in [-0.25, -0.2) is 9.18 Å². The minimum atomic E-state index is -1.32. The third kappa shape index (κ3) is 2.93. The second-order valence-electron chi connectivity index (χ2n) is 8.22. The molecule has 2 atom stereocenters. The van der Waals surface area contributed by atoms with Crippen LogP contribution in [0, 0.1) is 11.7 Å². The van der Waals surface area contributed by atoms with Crippen molar-refractivity contribution in [1.82, 2.24) is 9.47 Å². The van der Waals surface area contributed by atoms with Crippen LogP contribution in [0.25, 0.3) is 10.9 Å². The summed E-state index contributed by atoms with van der Waals surface area (Å²) < 4.78 is 22.5. The SMILES string of the molecule is CN1COCC2CN(c3c(F)cc4c(=O)c(C(=O)O)cn(C5CC5)c4c3Cl)CC21. The van der Waals surface area contributed by atoms with Crippen LogP contribution in [0.15, 0.2) is 17.1 Å². The summed E-state index contributed by atoms with van der Waals surface area (Å²) in [6.07, 6.45) is 3.09. The second kappa shape index (κ2) is 6.68. The maximum Gasteiger partial charge on any atom is 0.341 e. The minimum absolute atomic E-state index is 0.0140. The van der Waals surface area contributed by atoms with E-state index in [9.17, 15) is 14.7 Å². The third-order valence-corrected chi connectivity index (χ3v) is 6.63. The van der Waals surface area contributed by atoms with E-state index < -0.39 is 17.2 Å². The molecule has 29 heavy (non-hydrogen) atoms. The summed E-state index contributed by atoms with van der Waals surface area (Å²) in [6, 6.07) is 1.47. The average molecular weight is 422 g/mol. The molecule has 0 radical (unpaired) electrons. The molecule has 2 aromatic rings. The van der Waals surface area contributed by atoms with Crippen LogP contribution in [-0.2, 0) is 4.74 Å². The Morgan fingerprint density at radius 1 is 1.34 bits per heavy atom. The molecule has 2 saturated heterocycles. The Morgan fingerprint density at radius 2 is 2.10 bits per heavy atom. The van der Waals surface area contributed by atoms with E-state index in [1.165, 1.54) is 6.20 Å². The molecule has 0 bridgehead atoms. The molecule has 9 heteroatoms. The molecule has 7 nitrogen and oxygen atoms in total. The zero-order valence-corrected chi connectivity index (χ0v) is 16.7. The highest BCUT2D eigenvalue weighted by molar-refractivity contribution is 6.38. The van der Waals surface area contributed by atoms with Crippen molar-refractivity contribution in [2.24, 2.45) is 5.92 Å². The van der Waals surface area contributed by atoms with E-state index in [4.69, 9.17) is 16.3 Å². The molecule has 1 aliphatic carbocycles. The lowest BCUT2D eigenvalue weighted by atomic mass is 10.0. The maximum absolute atomic E-state index is 15.2. The number of carboxylic acids is 1. The number of aromatic nitrogens is 1. The lowest BCUT2D eigenvalue weighted by Crippen LogP contribution is -2.45. The average Bonchev–Trinajstić information content (AvgIpc) is 3.42. The van der Waals surface area contributed by atoms with Crippen LogP contribution >= 0.6 is 11.6 Å². The molecule has 154 valence electrons. The van der Waals surface area contributed by atoms with Crippen LogP contribution in [0.3, 0.4) is 0 Å². The van der Waals surface area contributed by atoms with E-state index in [1.54, 1.807) is 4.57 Å². The number of carboxylic acid groups (broad SMARTS) is 1. The number of hydrogen-bond donors (Lipinski definition) is 1. The molecular weight excluding hydrogens is 401 g/mol. The van der Waals surface area contributed by atoms with Crippen molar-refractivity contribution in [3.8, 4) is 0 Å². The van der Waals surface area contributed by atoms with Crippen LogP contribution in [0.4, 0.5) is 10.1 Å².